The van der Waals surface area contributed by atoms with Gasteiger partial charge in [0.05, 0.1) is 5.69 Å². The molecule has 1 atom stereocenters. The van der Waals surface area contributed by atoms with Gasteiger partial charge in [-0.1, -0.05) is 29.8 Å². The lowest BCUT2D eigenvalue weighted by Gasteiger charge is -2.37. The van der Waals surface area contributed by atoms with E-state index in [-0.39, 0.29) is 12.4 Å². The van der Waals surface area contributed by atoms with Gasteiger partial charge in [-0.25, -0.2) is 4.39 Å². The van der Waals surface area contributed by atoms with E-state index in [4.69, 9.17) is 4.74 Å². The molecule has 0 amide bonds. The van der Waals surface area contributed by atoms with Crippen LogP contribution in [0, 0.1) is 26.6 Å². The number of aliphatic hydroxyl groups excluding tert-OH is 1. The van der Waals surface area contributed by atoms with E-state index in [0.29, 0.717) is 12.2 Å². The molecule has 0 aromatic heterocycles. The summed E-state index contributed by atoms with van der Waals surface area (Å²) in [6.07, 6.45) is -0.551. The second-order valence-corrected chi connectivity index (χ2v) is 7.43. The highest BCUT2D eigenvalue weighted by molar-refractivity contribution is 5.48. The van der Waals surface area contributed by atoms with E-state index in [0.717, 1.165) is 43.1 Å². The summed E-state index contributed by atoms with van der Waals surface area (Å²) >= 11 is 0. The van der Waals surface area contributed by atoms with Crippen molar-refractivity contribution in [2.75, 3.05) is 44.2 Å². The summed E-state index contributed by atoms with van der Waals surface area (Å²) in [7, 11) is 0. The lowest BCUT2D eigenvalue weighted by atomic mass is 10.1. The monoisotopic (exact) mass is 372 g/mol. The van der Waals surface area contributed by atoms with E-state index >= 15 is 0 Å². The van der Waals surface area contributed by atoms with Gasteiger partial charge in [0, 0.05) is 32.7 Å². The molecule has 146 valence electrons. The lowest BCUT2D eigenvalue weighted by molar-refractivity contribution is 0.0658. The third kappa shape index (κ3) is 4.99. The highest BCUT2D eigenvalue weighted by Crippen LogP contribution is 2.25. The number of nitrogens with zero attached hydrogens (tertiary/aromatic N) is 2. The Balaban J connectivity index is 1.47. The van der Waals surface area contributed by atoms with E-state index in [2.05, 4.69) is 28.9 Å². The van der Waals surface area contributed by atoms with Crippen molar-refractivity contribution in [3.63, 3.8) is 0 Å². The Bertz CT molecular complexity index is 750. The van der Waals surface area contributed by atoms with Crippen molar-refractivity contribution in [3.05, 3.63) is 58.9 Å². The highest BCUT2D eigenvalue weighted by Gasteiger charge is 2.21. The van der Waals surface area contributed by atoms with Crippen LogP contribution in [0.4, 0.5) is 10.1 Å². The summed E-state index contributed by atoms with van der Waals surface area (Å²) < 4.78 is 19.8. The number of ether oxygens (including phenoxy) is 1. The molecule has 2 aromatic rings. The Morgan fingerprint density at radius 2 is 1.67 bits per heavy atom. The number of hydrogen-bond donors (Lipinski definition) is 1. The van der Waals surface area contributed by atoms with Crippen molar-refractivity contribution in [2.45, 2.75) is 26.9 Å². The van der Waals surface area contributed by atoms with Crippen LogP contribution >= 0.6 is 0 Å². The number of aliphatic hydroxyl groups is 1. The molecule has 0 spiro atoms. The van der Waals surface area contributed by atoms with Gasteiger partial charge >= 0.3 is 0 Å². The largest absolute Gasteiger partial charge is 0.490 e. The minimum absolute atomic E-state index is 0.178. The van der Waals surface area contributed by atoms with E-state index in [1.807, 2.05) is 26.0 Å². The zero-order valence-corrected chi connectivity index (χ0v) is 16.4. The summed E-state index contributed by atoms with van der Waals surface area (Å²) in [5.74, 6) is 0.687. The first kappa shape index (κ1) is 19.6. The van der Waals surface area contributed by atoms with E-state index in [9.17, 15) is 9.50 Å². The number of aryl methyl sites for hydroxylation is 3. The molecule has 0 unspecified atom stereocenters. The van der Waals surface area contributed by atoms with Crippen LogP contribution in [0.15, 0.2) is 36.4 Å². The van der Waals surface area contributed by atoms with Gasteiger partial charge in [-0.05, 0) is 44.0 Å². The van der Waals surface area contributed by atoms with Crippen LogP contribution in [-0.2, 0) is 0 Å². The smallest absolute Gasteiger partial charge is 0.146 e. The second kappa shape index (κ2) is 8.72. The molecule has 27 heavy (non-hydrogen) atoms. The predicted molar refractivity (Wildman–Crippen MR) is 107 cm³/mol. The normalized spacial score (nSPS) is 16.4. The molecule has 4 nitrogen and oxygen atoms in total. The molecule has 5 heteroatoms. The molecule has 0 radical (unpaired) electrons. The number of piperazine rings is 1. The molecule has 1 aliphatic heterocycles. The van der Waals surface area contributed by atoms with Crippen LogP contribution in [0.3, 0.4) is 0 Å². The first-order chi connectivity index (χ1) is 12.9. The first-order valence-electron chi connectivity index (χ1n) is 9.54. The van der Waals surface area contributed by atoms with Crippen molar-refractivity contribution in [2.24, 2.45) is 0 Å². The van der Waals surface area contributed by atoms with E-state index in [1.165, 1.54) is 11.6 Å². The Hall–Kier alpha value is -2.11. The molecule has 2 aromatic carbocycles. The molecule has 1 aliphatic rings. The lowest BCUT2D eigenvalue weighted by Crippen LogP contribution is -2.49. The molecule has 0 saturated carbocycles. The average Bonchev–Trinajstić information content (AvgIpc) is 2.62. The van der Waals surface area contributed by atoms with Crippen LogP contribution < -0.4 is 9.64 Å². The number of para-hydroxylation sites is 1. The summed E-state index contributed by atoms with van der Waals surface area (Å²) in [6.45, 7) is 10.1. The zero-order valence-electron chi connectivity index (χ0n) is 16.4. The summed E-state index contributed by atoms with van der Waals surface area (Å²) in [6, 6.07) is 11.1. The number of β-amino-alcohol motifs (C(OH)–C–C–N with tert-alkyl or cyclic N) is 1. The zero-order chi connectivity index (χ0) is 19.4. The number of hydrogen-bond acceptors (Lipinski definition) is 4. The van der Waals surface area contributed by atoms with Crippen LogP contribution in [0.5, 0.6) is 5.75 Å². The Kier molecular flexibility index (Phi) is 6.34. The van der Waals surface area contributed by atoms with Crippen LogP contribution in [0.2, 0.25) is 0 Å². The number of halogens is 1. The maximum Gasteiger partial charge on any atom is 0.146 e. The number of rotatable bonds is 6. The molecule has 1 saturated heterocycles. The molecule has 1 fully saturated rings. The summed E-state index contributed by atoms with van der Waals surface area (Å²) in [5.41, 5.74) is 4.06. The summed E-state index contributed by atoms with van der Waals surface area (Å²) in [4.78, 5) is 4.27. The van der Waals surface area contributed by atoms with E-state index < -0.39 is 6.10 Å². The Morgan fingerprint density at radius 1 is 1.04 bits per heavy atom. The molecule has 3 rings (SSSR count). The highest BCUT2D eigenvalue weighted by atomic mass is 19.1. The molecule has 1 N–H and O–H groups in total. The standard InChI is InChI=1S/C22H29FN2O2/c1-16-12-17(2)22(18(3)13-16)27-15-19(26)14-24-8-10-25(11-9-24)21-7-5-4-6-20(21)23/h4-7,12-13,19,26H,8-11,14-15H2,1-3H3/t19-/m0/s1. The van der Waals surface area contributed by atoms with Gasteiger partial charge in [-0.3, -0.25) is 4.90 Å². The van der Waals surface area contributed by atoms with Gasteiger partial charge < -0.3 is 14.7 Å². The minimum atomic E-state index is -0.551. The van der Waals surface area contributed by atoms with E-state index in [1.54, 1.807) is 6.07 Å². The second-order valence-electron chi connectivity index (χ2n) is 7.43. The van der Waals surface area contributed by atoms with Gasteiger partial charge in [0.25, 0.3) is 0 Å². The van der Waals surface area contributed by atoms with Crippen LogP contribution in [0.25, 0.3) is 0 Å². The fraction of sp³-hybridized carbons (Fsp3) is 0.455. The van der Waals surface area contributed by atoms with Crippen molar-refractivity contribution in [3.8, 4) is 5.75 Å². The SMILES string of the molecule is Cc1cc(C)c(OC[C@@H](O)CN2CCN(c3ccccc3F)CC2)c(C)c1. The van der Waals surface area contributed by atoms with Gasteiger partial charge in [-0.15, -0.1) is 0 Å². The molecule has 1 heterocycles. The van der Waals surface area contributed by atoms with Crippen LogP contribution in [-0.4, -0.2) is 55.4 Å². The van der Waals surface area contributed by atoms with Crippen molar-refractivity contribution in [1.29, 1.82) is 0 Å². The van der Waals surface area contributed by atoms with Crippen molar-refractivity contribution < 1.29 is 14.2 Å². The Labute approximate surface area is 161 Å². The molecular weight excluding hydrogens is 343 g/mol. The van der Waals surface area contributed by atoms with Gasteiger partial charge in [0.2, 0.25) is 0 Å². The third-order valence-electron chi connectivity index (χ3n) is 5.06. The average molecular weight is 372 g/mol. The Morgan fingerprint density at radius 3 is 2.30 bits per heavy atom. The number of anilines is 1. The molecule has 0 bridgehead atoms. The van der Waals surface area contributed by atoms with Gasteiger partial charge in [0.1, 0.15) is 24.3 Å². The van der Waals surface area contributed by atoms with Crippen LogP contribution in [0.1, 0.15) is 16.7 Å². The third-order valence-corrected chi connectivity index (χ3v) is 5.06. The fourth-order valence-electron chi connectivity index (χ4n) is 3.80. The number of benzene rings is 2. The van der Waals surface area contributed by atoms with Crippen molar-refractivity contribution >= 4 is 5.69 Å². The van der Waals surface area contributed by atoms with Crippen molar-refractivity contribution in [1.82, 2.24) is 4.90 Å². The van der Waals surface area contributed by atoms with Gasteiger partial charge in [0.15, 0.2) is 0 Å². The maximum absolute atomic E-state index is 13.9. The molecule has 0 aliphatic carbocycles. The maximum atomic E-state index is 13.9. The first-order valence-corrected chi connectivity index (χ1v) is 9.54. The quantitative estimate of drug-likeness (QED) is 0.844. The predicted octanol–water partition coefficient (Wildman–Crippen LogP) is 3.31. The summed E-state index contributed by atoms with van der Waals surface area (Å²) in [5, 5.41) is 10.4. The topological polar surface area (TPSA) is 35.9 Å². The fourth-order valence-corrected chi connectivity index (χ4v) is 3.80. The van der Waals surface area contributed by atoms with Gasteiger partial charge in [-0.2, -0.15) is 0 Å². The molecular formula is C22H29FN2O2. The minimum Gasteiger partial charge on any atom is -0.490 e.